The van der Waals surface area contributed by atoms with Gasteiger partial charge in [0.1, 0.15) is 0 Å². The number of anilines is 1. The van der Waals surface area contributed by atoms with Gasteiger partial charge in [-0.3, -0.25) is 9.59 Å². The number of aryl methyl sites for hydroxylation is 5. The van der Waals surface area contributed by atoms with E-state index in [9.17, 15) is 9.59 Å². The molecule has 0 bridgehead atoms. The fourth-order valence-electron chi connectivity index (χ4n) is 3.03. The van der Waals surface area contributed by atoms with E-state index in [4.69, 9.17) is 0 Å². The number of hydrogen-bond acceptors (Lipinski definition) is 2. The molecule has 2 amide bonds. The van der Waals surface area contributed by atoms with Gasteiger partial charge >= 0.3 is 0 Å². The van der Waals surface area contributed by atoms with E-state index in [1.54, 1.807) is 0 Å². The van der Waals surface area contributed by atoms with E-state index in [0.29, 0.717) is 12.8 Å². The summed E-state index contributed by atoms with van der Waals surface area (Å²) in [6.45, 7) is 8.07. The lowest BCUT2D eigenvalue weighted by atomic mass is 10.1. The Labute approximate surface area is 156 Å². The van der Waals surface area contributed by atoms with Crippen LogP contribution in [0.2, 0.25) is 0 Å². The SMILES string of the molecule is CCc1ccc(CCC(=O)NCC(=O)Nc2c(C)cc(C)cc2C)cc1. The largest absolute Gasteiger partial charge is 0.347 e. The van der Waals surface area contributed by atoms with Gasteiger partial charge in [0.25, 0.3) is 0 Å². The average Bonchev–Trinajstić information content (AvgIpc) is 2.61. The fraction of sp³-hybridized carbons (Fsp3) is 0.364. The Bertz CT molecular complexity index is 756. The zero-order chi connectivity index (χ0) is 19.1. The molecule has 0 saturated carbocycles. The Hall–Kier alpha value is -2.62. The molecule has 0 aliphatic carbocycles. The summed E-state index contributed by atoms with van der Waals surface area (Å²) < 4.78 is 0. The second-order valence-corrected chi connectivity index (χ2v) is 6.77. The third-order valence-electron chi connectivity index (χ3n) is 4.46. The van der Waals surface area contributed by atoms with Gasteiger partial charge in [0.05, 0.1) is 6.54 Å². The van der Waals surface area contributed by atoms with Crippen molar-refractivity contribution in [1.29, 1.82) is 0 Å². The second kappa shape index (κ2) is 9.18. The first kappa shape index (κ1) is 19.7. The molecule has 0 atom stereocenters. The summed E-state index contributed by atoms with van der Waals surface area (Å²) in [5.41, 5.74) is 6.46. The van der Waals surface area contributed by atoms with Gasteiger partial charge in [-0.15, -0.1) is 0 Å². The molecule has 0 heterocycles. The summed E-state index contributed by atoms with van der Waals surface area (Å²) in [6.07, 6.45) is 2.06. The highest BCUT2D eigenvalue weighted by molar-refractivity contribution is 5.95. The van der Waals surface area contributed by atoms with E-state index in [1.165, 1.54) is 11.1 Å². The van der Waals surface area contributed by atoms with Crippen molar-refractivity contribution in [2.45, 2.75) is 47.0 Å². The summed E-state index contributed by atoms with van der Waals surface area (Å²) in [4.78, 5) is 24.1. The van der Waals surface area contributed by atoms with Crippen molar-refractivity contribution in [1.82, 2.24) is 5.32 Å². The predicted octanol–water partition coefficient (Wildman–Crippen LogP) is 3.86. The maximum atomic E-state index is 12.1. The molecule has 0 unspecified atom stereocenters. The lowest BCUT2D eigenvalue weighted by molar-refractivity contribution is -0.124. The van der Waals surface area contributed by atoms with E-state index in [2.05, 4.69) is 41.8 Å². The lowest BCUT2D eigenvalue weighted by Gasteiger charge is -2.13. The molecular formula is C22H28N2O2. The highest BCUT2D eigenvalue weighted by Crippen LogP contribution is 2.21. The van der Waals surface area contributed by atoms with E-state index in [1.807, 2.05) is 32.9 Å². The predicted molar refractivity (Wildman–Crippen MR) is 106 cm³/mol. The van der Waals surface area contributed by atoms with Gasteiger partial charge in [0, 0.05) is 12.1 Å². The normalized spacial score (nSPS) is 10.5. The topological polar surface area (TPSA) is 58.2 Å². The molecule has 2 N–H and O–H groups in total. The monoisotopic (exact) mass is 352 g/mol. The maximum Gasteiger partial charge on any atom is 0.243 e. The van der Waals surface area contributed by atoms with Gasteiger partial charge in [-0.25, -0.2) is 0 Å². The minimum atomic E-state index is -0.208. The van der Waals surface area contributed by atoms with Crippen molar-refractivity contribution >= 4 is 17.5 Å². The number of hydrogen-bond donors (Lipinski definition) is 2. The number of amides is 2. The van der Waals surface area contributed by atoms with E-state index < -0.39 is 0 Å². The molecule has 2 aromatic rings. The van der Waals surface area contributed by atoms with Crippen LogP contribution in [0.15, 0.2) is 36.4 Å². The van der Waals surface area contributed by atoms with Gasteiger partial charge in [-0.1, -0.05) is 48.9 Å². The maximum absolute atomic E-state index is 12.1. The van der Waals surface area contributed by atoms with Crippen molar-refractivity contribution < 1.29 is 9.59 Å². The molecule has 0 aliphatic rings. The Morgan fingerprint density at radius 2 is 1.46 bits per heavy atom. The Morgan fingerprint density at radius 1 is 0.885 bits per heavy atom. The summed E-state index contributed by atoms with van der Waals surface area (Å²) in [7, 11) is 0. The Kier molecular flexibility index (Phi) is 6.96. The zero-order valence-electron chi connectivity index (χ0n) is 16.1. The first-order chi connectivity index (χ1) is 12.4. The lowest BCUT2D eigenvalue weighted by Crippen LogP contribution is -2.33. The second-order valence-electron chi connectivity index (χ2n) is 6.77. The molecule has 0 aromatic heterocycles. The van der Waals surface area contributed by atoms with Crippen LogP contribution in [0.1, 0.15) is 41.2 Å². The molecule has 0 spiro atoms. The van der Waals surface area contributed by atoms with Gasteiger partial charge in [-0.05, 0) is 55.9 Å². The molecule has 26 heavy (non-hydrogen) atoms. The third-order valence-corrected chi connectivity index (χ3v) is 4.46. The summed E-state index contributed by atoms with van der Waals surface area (Å²) in [5.74, 6) is -0.322. The number of nitrogens with one attached hydrogen (secondary N) is 2. The molecule has 4 nitrogen and oxygen atoms in total. The Balaban J connectivity index is 1.78. The van der Waals surface area contributed by atoms with E-state index in [0.717, 1.165) is 28.8 Å². The van der Waals surface area contributed by atoms with Crippen LogP contribution in [-0.2, 0) is 22.4 Å². The molecule has 4 heteroatoms. The van der Waals surface area contributed by atoms with Gasteiger partial charge in [-0.2, -0.15) is 0 Å². The van der Waals surface area contributed by atoms with Gasteiger partial charge in [0.2, 0.25) is 11.8 Å². The van der Waals surface area contributed by atoms with E-state index in [-0.39, 0.29) is 18.4 Å². The molecule has 2 aromatic carbocycles. The summed E-state index contributed by atoms with van der Waals surface area (Å²) in [6, 6.07) is 12.4. The molecule has 0 aliphatic heterocycles. The van der Waals surface area contributed by atoms with E-state index >= 15 is 0 Å². The highest BCUT2D eigenvalue weighted by Gasteiger charge is 2.10. The van der Waals surface area contributed by atoms with Crippen molar-refractivity contribution in [2.75, 3.05) is 11.9 Å². The summed E-state index contributed by atoms with van der Waals surface area (Å²) >= 11 is 0. The molecule has 0 saturated heterocycles. The molecule has 2 rings (SSSR count). The van der Waals surface area contributed by atoms with Crippen molar-refractivity contribution in [2.24, 2.45) is 0 Å². The smallest absolute Gasteiger partial charge is 0.243 e. The van der Waals surface area contributed by atoms with Crippen LogP contribution in [0.5, 0.6) is 0 Å². The first-order valence-corrected chi connectivity index (χ1v) is 9.11. The van der Waals surface area contributed by atoms with Gasteiger partial charge < -0.3 is 10.6 Å². The van der Waals surface area contributed by atoms with Gasteiger partial charge in [0.15, 0.2) is 0 Å². The van der Waals surface area contributed by atoms with Crippen molar-refractivity contribution in [3.8, 4) is 0 Å². The van der Waals surface area contributed by atoms with Crippen LogP contribution in [-0.4, -0.2) is 18.4 Å². The fourth-order valence-corrected chi connectivity index (χ4v) is 3.03. The molecular weight excluding hydrogens is 324 g/mol. The minimum absolute atomic E-state index is 0.0135. The average molecular weight is 352 g/mol. The first-order valence-electron chi connectivity index (χ1n) is 9.11. The van der Waals surface area contributed by atoms with Crippen LogP contribution in [0.4, 0.5) is 5.69 Å². The number of carbonyl (C=O) groups excluding carboxylic acids is 2. The van der Waals surface area contributed by atoms with Crippen molar-refractivity contribution in [3.63, 3.8) is 0 Å². The van der Waals surface area contributed by atoms with Crippen LogP contribution in [0.3, 0.4) is 0 Å². The minimum Gasteiger partial charge on any atom is -0.347 e. The zero-order valence-corrected chi connectivity index (χ0v) is 16.1. The number of rotatable bonds is 7. The third kappa shape index (κ3) is 5.73. The van der Waals surface area contributed by atoms with Crippen LogP contribution in [0.25, 0.3) is 0 Å². The summed E-state index contributed by atoms with van der Waals surface area (Å²) in [5, 5.41) is 5.59. The highest BCUT2D eigenvalue weighted by atomic mass is 16.2. The Morgan fingerprint density at radius 3 is 2.04 bits per heavy atom. The van der Waals surface area contributed by atoms with Crippen LogP contribution in [0, 0.1) is 20.8 Å². The van der Waals surface area contributed by atoms with Crippen LogP contribution >= 0.6 is 0 Å². The van der Waals surface area contributed by atoms with Crippen LogP contribution < -0.4 is 10.6 Å². The molecule has 138 valence electrons. The number of carbonyl (C=O) groups is 2. The molecule has 0 radical (unpaired) electrons. The standard InChI is InChI=1S/C22H28N2O2/c1-5-18-6-8-19(9-7-18)10-11-20(25)23-14-21(26)24-22-16(3)12-15(2)13-17(22)4/h6-9,12-13H,5,10-11,14H2,1-4H3,(H,23,25)(H,24,26). The quantitative estimate of drug-likeness (QED) is 0.795. The molecule has 0 fully saturated rings. The van der Waals surface area contributed by atoms with Crippen molar-refractivity contribution in [3.05, 3.63) is 64.2 Å². The number of benzene rings is 2.